The number of nitrogens with zero attached hydrogens (tertiary/aromatic N) is 1. The van der Waals surface area contributed by atoms with Crippen LogP contribution in [0, 0.1) is 0 Å². The Bertz CT molecular complexity index is 903. The molecule has 0 aliphatic rings. The third-order valence-electron chi connectivity index (χ3n) is 4.68. The number of fused-ring (bicyclic) bond motifs is 1. The van der Waals surface area contributed by atoms with E-state index < -0.39 is 0 Å². The third-order valence-corrected chi connectivity index (χ3v) is 4.68. The number of H-pyrrole nitrogens is 1. The van der Waals surface area contributed by atoms with Gasteiger partial charge in [0.05, 0.1) is 11.8 Å². The van der Waals surface area contributed by atoms with Crippen molar-refractivity contribution < 1.29 is 9.53 Å². The zero-order valence-corrected chi connectivity index (χ0v) is 16.3. The summed E-state index contributed by atoms with van der Waals surface area (Å²) in [4.78, 5) is 19.2. The molecule has 0 radical (unpaired) electrons. The van der Waals surface area contributed by atoms with Crippen LogP contribution in [0.3, 0.4) is 0 Å². The van der Waals surface area contributed by atoms with E-state index in [1.807, 2.05) is 30.3 Å². The number of nitrogens with two attached hydrogens (primary N) is 1. The topological polar surface area (TPSA) is 93.0 Å². The van der Waals surface area contributed by atoms with Gasteiger partial charge in [-0.05, 0) is 23.6 Å². The lowest BCUT2D eigenvalue weighted by molar-refractivity contribution is -0.121. The molecule has 1 aromatic heterocycles. The van der Waals surface area contributed by atoms with Gasteiger partial charge in [0, 0.05) is 24.7 Å². The average molecular weight is 380 g/mol. The SMILES string of the molecule is CCCCCCC(=O)NCc1ccc(COc2cc(N)cc3[nH]cnc23)cc1. The Morgan fingerprint density at radius 2 is 1.93 bits per heavy atom. The molecule has 3 aromatic rings. The molecular formula is C22H28N4O2. The standard InChI is InChI=1S/C22H28N4O2/c1-2-3-4-5-6-21(27)24-13-16-7-9-17(10-8-16)14-28-20-12-18(23)11-19-22(20)26-15-25-19/h7-12,15H,2-6,13-14,23H2,1H3,(H,24,27)(H,25,26). The Hall–Kier alpha value is -3.02. The van der Waals surface area contributed by atoms with Gasteiger partial charge in [-0.2, -0.15) is 0 Å². The lowest BCUT2D eigenvalue weighted by atomic mass is 10.1. The molecule has 6 heteroatoms. The number of hydrogen-bond acceptors (Lipinski definition) is 4. The Kier molecular flexibility index (Phi) is 6.89. The molecule has 2 aromatic carbocycles. The van der Waals surface area contributed by atoms with Crippen molar-refractivity contribution in [1.82, 2.24) is 15.3 Å². The minimum atomic E-state index is 0.119. The van der Waals surface area contributed by atoms with E-state index in [0.717, 1.165) is 35.0 Å². The van der Waals surface area contributed by atoms with Gasteiger partial charge in [0.15, 0.2) is 0 Å². The summed E-state index contributed by atoms with van der Waals surface area (Å²) in [6.45, 7) is 3.15. The lowest BCUT2D eigenvalue weighted by Gasteiger charge is -2.09. The maximum absolute atomic E-state index is 11.9. The highest BCUT2D eigenvalue weighted by Crippen LogP contribution is 2.26. The molecule has 148 valence electrons. The van der Waals surface area contributed by atoms with Crippen LogP contribution in [0.4, 0.5) is 5.69 Å². The highest BCUT2D eigenvalue weighted by Gasteiger charge is 2.07. The number of ether oxygens (including phenoxy) is 1. The molecule has 0 atom stereocenters. The summed E-state index contributed by atoms with van der Waals surface area (Å²) in [6.07, 6.45) is 6.69. The number of hydrogen-bond donors (Lipinski definition) is 3. The van der Waals surface area contributed by atoms with Gasteiger partial charge in [-0.15, -0.1) is 0 Å². The van der Waals surface area contributed by atoms with E-state index in [4.69, 9.17) is 10.5 Å². The van der Waals surface area contributed by atoms with Crippen molar-refractivity contribution in [3.05, 3.63) is 53.9 Å². The van der Waals surface area contributed by atoms with Crippen molar-refractivity contribution in [2.45, 2.75) is 52.2 Å². The van der Waals surface area contributed by atoms with Gasteiger partial charge in [-0.1, -0.05) is 50.5 Å². The quantitative estimate of drug-likeness (QED) is 0.361. The van der Waals surface area contributed by atoms with Crippen LogP contribution in [0.25, 0.3) is 11.0 Å². The fraction of sp³-hybridized carbons (Fsp3) is 0.364. The largest absolute Gasteiger partial charge is 0.486 e. The number of carbonyl (C=O) groups excluding carboxylic acids is 1. The maximum atomic E-state index is 11.9. The minimum absolute atomic E-state index is 0.119. The molecule has 0 saturated carbocycles. The molecule has 4 N–H and O–H groups in total. The molecular weight excluding hydrogens is 352 g/mol. The first-order valence-corrected chi connectivity index (χ1v) is 9.85. The smallest absolute Gasteiger partial charge is 0.220 e. The number of imidazole rings is 1. The first-order valence-electron chi connectivity index (χ1n) is 9.85. The van der Waals surface area contributed by atoms with Gasteiger partial charge >= 0.3 is 0 Å². The number of anilines is 1. The van der Waals surface area contributed by atoms with Gasteiger partial charge in [-0.25, -0.2) is 4.98 Å². The zero-order chi connectivity index (χ0) is 19.8. The van der Waals surface area contributed by atoms with Crippen LogP contribution in [0.5, 0.6) is 5.75 Å². The van der Waals surface area contributed by atoms with Crippen LogP contribution < -0.4 is 15.8 Å². The van der Waals surface area contributed by atoms with Crippen molar-refractivity contribution in [2.75, 3.05) is 5.73 Å². The Labute approximate surface area is 165 Å². The Morgan fingerprint density at radius 3 is 2.71 bits per heavy atom. The second-order valence-electron chi connectivity index (χ2n) is 7.01. The molecule has 28 heavy (non-hydrogen) atoms. The predicted molar refractivity (Wildman–Crippen MR) is 112 cm³/mol. The first-order chi connectivity index (χ1) is 13.7. The maximum Gasteiger partial charge on any atom is 0.220 e. The number of aromatic nitrogens is 2. The molecule has 1 heterocycles. The molecule has 0 aliphatic heterocycles. The molecule has 0 bridgehead atoms. The fourth-order valence-corrected chi connectivity index (χ4v) is 3.06. The number of unbranched alkanes of at least 4 members (excludes halogenated alkanes) is 3. The summed E-state index contributed by atoms with van der Waals surface area (Å²) in [6, 6.07) is 11.7. The molecule has 0 aliphatic carbocycles. The monoisotopic (exact) mass is 380 g/mol. The van der Waals surface area contributed by atoms with Crippen LogP contribution in [-0.2, 0) is 17.9 Å². The van der Waals surface area contributed by atoms with E-state index in [9.17, 15) is 4.79 Å². The van der Waals surface area contributed by atoms with Gasteiger partial charge in [0.1, 0.15) is 17.9 Å². The van der Waals surface area contributed by atoms with Crippen LogP contribution in [0.2, 0.25) is 0 Å². The molecule has 1 amide bonds. The van der Waals surface area contributed by atoms with E-state index in [1.54, 1.807) is 12.4 Å². The van der Waals surface area contributed by atoms with Crippen LogP contribution in [-0.4, -0.2) is 15.9 Å². The van der Waals surface area contributed by atoms with Crippen LogP contribution >= 0.6 is 0 Å². The van der Waals surface area contributed by atoms with Gasteiger partial charge in [0.2, 0.25) is 5.91 Å². The molecule has 0 spiro atoms. The summed E-state index contributed by atoms with van der Waals surface area (Å²) in [7, 11) is 0. The summed E-state index contributed by atoms with van der Waals surface area (Å²) in [5, 5.41) is 2.98. The van der Waals surface area contributed by atoms with Gasteiger partial charge < -0.3 is 20.8 Å². The van der Waals surface area contributed by atoms with Crippen molar-refractivity contribution in [1.29, 1.82) is 0 Å². The number of benzene rings is 2. The number of rotatable bonds is 10. The number of carbonyl (C=O) groups is 1. The molecule has 0 unspecified atom stereocenters. The van der Waals surface area contributed by atoms with E-state index in [-0.39, 0.29) is 5.91 Å². The number of amides is 1. The van der Waals surface area contributed by atoms with E-state index in [0.29, 0.717) is 31.0 Å². The number of nitrogens with one attached hydrogen (secondary N) is 2. The lowest BCUT2D eigenvalue weighted by Crippen LogP contribution is -2.22. The fourth-order valence-electron chi connectivity index (χ4n) is 3.06. The first kappa shape index (κ1) is 19.7. The molecule has 0 fully saturated rings. The third kappa shape index (κ3) is 5.49. The van der Waals surface area contributed by atoms with E-state index in [1.165, 1.54) is 12.8 Å². The average Bonchev–Trinajstić information content (AvgIpc) is 3.17. The summed E-state index contributed by atoms with van der Waals surface area (Å²) in [5.74, 6) is 0.781. The number of aromatic amines is 1. The normalized spacial score (nSPS) is 10.9. The Morgan fingerprint density at radius 1 is 1.14 bits per heavy atom. The molecule has 6 nitrogen and oxygen atoms in total. The van der Waals surface area contributed by atoms with Crippen LogP contribution in [0.15, 0.2) is 42.7 Å². The molecule has 0 saturated heterocycles. The molecule has 3 rings (SSSR count). The Balaban J connectivity index is 1.48. The second kappa shape index (κ2) is 9.78. The van der Waals surface area contributed by atoms with Crippen molar-refractivity contribution in [3.8, 4) is 5.75 Å². The summed E-state index contributed by atoms with van der Waals surface area (Å²) >= 11 is 0. The van der Waals surface area contributed by atoms with Crippen LogP contribution in [0.1, 0.15) is 50.2 Å². The summed E-state index contributed by atoms with van der Waals surface area (Å²) in [5.41, 5.74) is 10.3. The number of nitrogen functional groups attached to an aromatic ring is 1. The predicted octanol–water partition coefficient (Wildman–Crippen LogP) is 4.31. The van der Waals surface area contributed by atoms with Crippen molar-refractivity contribution in [2.24, 2.45) is 0 Å². The van der Waals surface area contributed by atoms with Crippen molar-refractivity contribution >= 4 is 22.6 Å². The van der Waals surface area contributed by atoms with Gasteiger partial charge in [-0.3, -0.25) is 4.79 Å². The second-order valence-corrected chi connectivity index (χ2v) is 7.01. The highest BCUT2D eigenvalue weighted by molar-refractivity contribution is 5.84. The van der Waals surface area contributed by atoms with E-state index in [2.05, 4.69) is 22.2 Å². The highest BCUT2D eigenvalue weighted by atomic mass is 16.5. The van der Waals surface area contributed by atoms with Gasteiger partial charge in [0.25, 0.3) is 0 Å². The summed E-state index contributed by atoms with van der Waals surface area (Å²) < 4.78 is 5.91. The van der Waals surface area contributed by atoms with Crippen molar-refractivity contribution in [3.63, 3.8) is 0 Å². The van der Waals surface area contributed by atoms with E-state index >= 15 is 0 Å². The zero-order valence-electron chi connectivity index (χ0n) is 16.3. The minimum Gasteiger partial charge on any atom is -0.486 e.